The van der Waals surface area contributed by atoms with Crippen LogP contribution in [0.2, 0.25) is 0 Å². The first kappa shape index (κ1) is 32.0. The molecular weight excluding hydrogens is 547 g/mol. The molecule has 1 aliphatic rings. The van der Waals surface area contributed by atoms with Crippen molar-refractivity contribution in [2.45, 2.75) is 41.8 Å². The Morgan fingerprint density at radius 3 is 1.00 bits per heavy atom. The molecule has 0 amide bonds. The Kier molecular flexibility index (Phi) is 7.31. The maximum absolute atomic E-state index is 15.0. The van der Waals surface area contributed by atoms with Gasteiger partial charge in [0, 0.05) is 0 Å². The number of rotatable bonds is 3. The van der Waals surface area contributed by atoms with Crippen LogP contribution in [0.15, 0.2) is 0 Å². The van der Waals surface area contributed by atoms with Crippen LogP contribution in [0, 0.1) is 0 Å². The quantitative estimate of drug-likeness (QED) is 0.381. The summed E-state index contributed by atoms with van der Waals surface area (Å²) in [6.07, 6.45) is -25.9. The summed E-state index contributed by atoms with van der Waals surface area (Å²) in [6, 6.07) is 0. The van der Waals surface area contributed by atoms with Gasteiger partial charge in [-0.25, -0.2) is 4.90 Å². The third-order valence-corrected chi connectivity index (χ3v) is 9.02. The van der Waals surface area contributed by atoms with Crippen LogP contribution in [0.4, 0.5) is 78.4 Å². The molecule has 1 rings (SSSR count). The molecule has 2 unspecified atom stereocenters. The molecule has 0 aromatic carbocycles. The first-order valence-electron chi connectivity index (χ1n) is 7.76. The van der Waals surface area contributed by atoms with E-state index in [-0.39, 0.29) is 6.29 Å². The van der Waals surface area contributed by atoms with Crippen LogP contribution in [0.25, 0.3) is 0 Å². The van der Waals surface area contributed by atoms with E-state index in [4.69, 9.17) is 5.73 Å². The summed E-state index contributed by atoms with van der Waals surface area (Å²) in [5, 5.41) is 0. The van der Waals surface area contributed by atoms with Gasteiger partial charge in [0.25, 0.3) is 0 Å². The van der Waals surface area contributed by atoms with E-state index in [2.05, 4.69) is 19.0 Å². The van der Waals surface area contributed by atoms with Gasteiger partial charge >= 0.3 is 121 Å². The topological polar surface area (TPSA) is 33.7 Å². The Morgan fingerprint density at radius 1 is 0.667 bits per heavy atom. The molecule has 0 spiro atoms. The Morgan fingerprint density at radius 2 is 0.909 bits per heavy atom. The van der Waals surface area contributed by atoms with E-state index in [1.807, 2.05) is 0 Å². The van der Waals surface area contributed by atoms with Crippen LogP contribution >= 0.6 is 6.88 Å². The van der Waals surface area contributed by atoms with Gasteiger partial charge in [0.1, 0.15) is 0 Å². The summed E-state index contributed by atoms with van der Waals surface area (Å²) in [5.41, 5.74) is -23.6. The zero-order chi connectivity index (χ0) is 27.6. The van der Waals surface area contributed by atoms with Gasteiger partial charge in [-0.05, 0) is 7.05 Å². The van der Waals surface area contributed by atoms with E-state index in [0.717, 1.165) is 6.54 Å². The summed E-state index contributed by atoms with van der Waals surface area (Å²) < 4.78 is 222. The molecule has 3 nitrogen and oxygen atoms in total. The van der Waals surface area contributed by atoms with Crippen molar-refractivity contribution in [2.75, 3.05) is 27.2 Å². The average molecular weight is 561 g/mol. The molecule has 0 aromatic rings. The van der Waals surface area contributed by atoms with E-state index < -0.39 is 42.4 Å². The van der Waals surface area contributed by atoms with Gasteiger partial charge in [-0.3, -0.25) is 5.73 Å². The van der Waals surface area contributed by atoms with Crippen molar-refractivity contribution in [3.8, 4) is 0 Å². The number of likely N-dealkylation sites (N-methyl/N-ethyl adjacent to an activating group) is 2. The summed E-state index contributed by atoms with van der Waals surface area (Å²) >= 11 is 0. The molecule has 2 atom stereocenters. The van der Waals surface area contributed by atoms with Crippen LogP contribution in [0.1, 0.15) is 0 Å². The van der Waals surface area contributed by atoms with Crippen molar-refractivity contribution in [3.05, 3.63) is 0 Å². The van der Waals surface area contributed by atoms with E-state index in [1.165, 1.54) is 11.4 Å². The molecule has 1 heterocycles. The first-order valence-corrected chi connectivity index (χ1v) is 10.1. The van der Waals surface area contributed by atoms with E-state index in [0.29, 0.717) is 0 Å². The van der Waals surface area contributed by atoms with Crippen molar-refractivity contribution in [1.82, 2.24) is 4.90 Å². The number of hydrogen-bond donors (Lipinski definition) is 2. The fourth-order valence-corrected chi connectivity index (χ4v) is 5.04. The van der Waals surface area contributed by atoms with Crippen molar-refractivity contribution >= 4 is 6.88 Å². The average Bonchev–Trinajstić information content (AvgIpc) is 2.83. The summed E-state index contributed by atoms with van der Waals surface area (Å²) in [4.78, 5) is 3.57. The molecule has 1 fully saturated rings. The monoisotopic (exact) mass is 561 g/mol. The fraction of sp³-hybridized carbons (Fsp3) is 1.00. The number of nitrogens with two attached hydrogens (primary N) is 1. The van der Waals surface area contributed by atoms with Crippen LogP contribution in [-0.2, 0) is 0 Å². The Hall–Kier alpha value is -0.950. The zero-order valence-corrected chi connectivity index (χ0v) is 16.7. The molecule has 0 radical (unpaired) electrons. The van der Waals surface area contributed by atoms with Gasteiger partial charge in [0.2, 0.25) is 0 Å². The third-order valence-electron chi connectivity index (χ3n) is 4.66. The number of alkyl halides is 15. The zero-order valence-electron chi connectivity index (χ0n) is 15.8. The predicted octanol–water partition coefficient (Wildman–Crippen LogP) is 4.88. The molecule has 0 aromatic heterocycles. The Bertz CT molecular complexity index is 641. The van der Waals surface area contributed by atoms with Gasteiger partial charge in [-0.15, -0.1) is 0 Å². The standard InChI is InChI=1S/C6F18P.C5H13N3/c7-1(8,9)4(16,17)25(22,23,24,5(18,19)2(10,11)12)6(20,21)3(13,14)15;1-7-3-4-8(2)5(7)6/h;5H,3-4,6H2,1-2H3/q-1;/p+1. The fourth-order valence-electron chi connectivity index (χ4n) is 2.36. The molecule has 0 aliphatic carbocycles. The van der Waals surface area contributed by atoms with Crippen molar-refractivity contribution in [3.63, 3.8) is 0 Å². The van der Waals surface area contributed by atoms with E-state index in [1.54, 1.807) is 0 Å². The van der Waals surface area contributed by atoms with Crippen LogP contribution in [0.3, 0.4) is 0 Å². The van der Waals surface area contributed by atoms with Gasteiger partial charge < -0.3 is 4.90 Å². The van der Waals surface area contributed by atoms with Gasteiger partial charge in [0.15, 0.2) is 6.29 Å². The predicted molar refractivity (Wildman–Crippen MR) is 75.6 cm³/mol. The Balaban J connectivity index is 0.00000106. The van der Waals surface area contributed by atoms with Gasteiger partial charge in [0.05, 0.1) is 20.1 Å². The molecule has 0 bridgehead atoms. The van der Waals surface area contributed by atoms with Crippen molar-refractivity contribution in [1.29, 1.82) is 0 Å². The molecule has 0 saturated carbocycles. The SMILES string of the molecule is CN1CC[NH+](C)C1N.FC(F)(F)C(F)(F)[P-](F)(F)(F)(C(F)(F)C(F)(F)F)C(F)(F)C(F)(F)F. The van der Waals surface area contributed by atoms with Gasteiger partial charge in [-0.2, -0.15) is 0 Å². The second kappa shape index (κ2) is 7.52. The molecule has 204 valence electrons. The van der Waals surface area contributed by atoms with Gasteiger partial charge in [-0.1, -0.05) is 0 Å². The number of halogens is 18. The molecule has 22 heteroatoms. The minimum atomic E-state index is -15.0. The summed E-state index contributed by atoms with van der Waals surface area (Å²) in [7, 11) is 4.18. The number of nitrogens with one attached hydrogen (secondary N) is 1. The van der Waals surface area contributed by atoms with Crippen molar-refractivity contribution in [2.24, 2.45) is 5.73 Å². The van der Waals surface area contributed by atoms with Crippen LogP contribution in [-0.4, -0.2) is 73.9 Å². The maximum atomic E-state index is 13.4. The second-order valence-corrected chi connectivity index (χ2v) is 11.2. The molecule has 33 heavy (non-hydrogen) atoms. The van der Waals surface area contributed by atoms with Crippen LogP contribution in [0.5, 0.6) is 0 Å². The normalized spacial score (nSPS) is 24.6. The summed E-state index contributed by atoms with van der Waals surface area (Å²) in [5.74, 6) is 0. The molecule has 1 saturated heterocycles. The van der Waals surface area contributed by atoms with Crippen LogP contribution < -0.4 is 10.6 Å². The number of nitrogens with zero attached hydrogens (tertiary/aromatic N) is 1. The molecule has 1 aliphatic heterocycles. The number of quaternary nitrogens is 1. The van der Waals surface area contributed by atoms with E-state index >= 15 is 0 Å². The first-order chi connectivity index (χ1) is 13.8. The number of hydrogen-bond acceptors (Lipinski definition) is 2. The third kappa shape index (κ3) is 3.71. The van der Waals surface area contributed by atoms with E-state index in [9.17, 15) is 78.4 Å². The summed E-state index contributed by atoms with van der Waals surface area (Å²) in [6.45, 7) is -12.7. The van der Waals surface area contributed by atoms with Crippen molar-refractivity contribution < 1.29 is 83.3 Å². The molecule has 3 N–H and O–H groups in total. The minimum absolute atomic E-state index is 0.231. The second-order valence-electron chi connectivity index (χ2n) is 6.93. The molecular formula is C11H14F18N3P. The Labute approximate surface area is 171 Å².